The zero-order valence-electron chi connectivity index (χ0n) is 9.27. The van der Waals surface area contributed by atoms with E-state index in [1.807, 2.05) is 0 Å². The number of phenolic OH excluding ortho intramolecular Hbond substituents is 1. The first-order chi connectivity index (χ1) is 8.52. The molecule has 2 rings (SSSR count). The number of rotatable bonds is 3. The lowest BCUT2D eigenvalue weighted by atomic mass is 10.1. The Morgan fingerprint density at radius 3 is 2.72 bits per heavy atom. The van der Waals surface area contributed by atoms with Gasteiger partial charge >= 0.3 is 5.97 Å². The number of carbonyl (C=O) groups is 1. The number of halogens is 1. The molecule has 1 heterocycles. The molecular formula is C11H9FN2O4. The predicted molar refractivity (Wildman–Crippen MR) is 59.2 cm³/mol. The second kappa shape index (κ2) is 4.36. The van der Waals surface area contributed by atoms with Crippen LogP contribution >= 0.6 is 0 Å². The van der Waals surface area contributed by atoms with E-state index in [0.717, 1.165) is 12.1 Å². The number of carboxylic acids is 1. The normalized spacial score (nSPS) is 10.3. The van der Waals surface area contributed by atoms with Crippen LogP contribution in [-0.2, 0) is 0 Å². The zero-order chi connectivity index (χ0) is 13.3. The third-order valence-electron chi connectivity index (χ3n) is 2.35. The van der Waals surface area contributed by atoms with E-state index in [2.05, 4.69) is 10.2 Å². The molecule has 1 aromatic heterocycles. The number of methoxy groups -OCH3 is 1. The van der Waals surface area contributed by atoms with Crippen molar-refractivity contribution >= 4 is 5.97 Å². The Hall–Kier alpha value is -2.57. The Bertz CT molecular complexity index is 609. The van der Waals surface area contributed by atoms with Gasteiger partial charge in [-0.2, -0.15) is 5.10 Å². The van der Waals surface area contributed by atoms with E-state index in [9.17, 15) is 14.3 Å². The minimum atomic E-state index is -1.17. The summed E-state index contributed by atoms with van der Waals surface area (Å²) in [5, 5.41) is 24.1. The fourth-order valence-electron chi connectivity index (χ4n) is 1.48. The standard InChI is InChI=1S/C11H9FN2O4/c1-18-10-3-6(12)9(15)2-5(10)7-4-8(11(16)17)14-13-7/h2-4,15H,1H3,(H,13,14)(H,16,17). The minimum absolute atomic E-state index is 0.115. The monoisotopic (exact) mass is 252 g/mol. The highest BCUT2D eigenvalue weighted by Crippen LogP contribution is 2.34. The number of nitrogens with one attached hydrogen (secondary N) is 1. The van der Waals surface area contributed by atoms with Gasteiger partial charge in [0.25, 0.3) is 0 Å². The van der Waals surface area contributed by atoms with Gasteiger partial charge in [0.1, 0.15) is 11.4 Å². The maximum atomic E-state index is 13.1. The van der Waals surface area contributed by atoms with Crippen LogP contribution in [0.25, 0.3) is 11.3 Å². The Labute approximate surface area is 101 Å². The van der Waals surface area contributed by atoms with Gasteiger partial charge in [0, 0.05) is 11.6 Å². The summed E-state index contributed by atoms with van der Waals surface area (Å²) < 4.78 is 18.1. The average Bonchev–Trinajstić information content (AvgIpc) is 2.81. The Kier molecular flexibility index (Phi) is 2.88. The van der Waals surface area contributed by atoms with Gasteiger partial charge in [-0.3, -0.25) is 5.10 Å². The molecule has 6 nitrogen and oxygen atoms in total. The molecule has 1 aromatic carbocycles. The van der Waals surface area contributed by atoms with Gasteiger partial charge in [0.05, 0.1) is 12.8 Å². The molecule has 0 spiro atoms. The highest BCUT2D eigenvalue weighted by molar-refractivity contribution is 5.87. The van der Waals surface area contributed by atoms with Crippen molar-refractivity contribution in [3.63, 3.8) is 0 Å². The number of hydrogen-bond donors (Lipinski definition) is 3. The number of nitrogens with zero attached hydrogens (tertiary/aromatic N) is 1. The van der Waals surface area contributed by atoms with Crippen LogP contribution in [0.1, 0.15) is 10.5 Å². The number of phenols is 1. The molecule has 0 bridgehead atoms. The topological polar surface area (TPSA) is 95.4 Å². The van der Waals surface area contributed by atoms with Crippen molar-refractivity contribution in [2.24, 2.45) is 0 Å². The van der Waals surface area contributed by atoms with Crippen molar-refractivity contribution < 1.29 is 24.1 Å². The van der Waals surface area contributed by atoms with E-state index in [1.165, 1.54) is 13.2 Å². The lowest BCUT2D eigenvalue weighted by Gasteiger charge is -2.07. The highest BCUT2D eigenvalue weighted by Gasteiger charge is 2.16. The second-order valence-electron chi connectivity index (χ2n) is 3.48. The van der Waals surface area contributed by atoms with Crippen LogP contribution in [0, 0.1) is 5.82 Å². The van der Waals surface area contributed by atoms with Gasteiger partial charge in [-0.05, 0) is 12.1 Å². The molecule has 0 radical (unpaired) electrons. The number of carboxylic acid groups (broad SMARTS) is 1. The van der Waals surface area contributed by atoms with Crippen LogP contribution in [-0.4, -0.2) is 33.5 Å². The number of aromatic carboxylic acids is 1. The maximum Gasteiger partial charge on any atom is 0.353 e. The molecular weight excluding hydrogens is 243 g/mol. The first-order valence-electron chi connectivity index (χ1n) is 4.88. The summed E-state index contributed by atoms with van der Waals surface area (Å²) in [6.45, 7) is 0. The molecule has 0 fully saturated rings. The SMILES string of the molecule is COc1cc(F)c(O)cc1-c1cc(C(=O)O)[nH]n1. The van der Waals surface area contributed by atoms with Crippen molar-refractivity contribution in [1.29, 1.82) is 0 Å². The van der Waals surface area contributed by atoms with Gasteiger partial charge in [-0.25, -0.2) is 9.18 Å². The Balaban J connectivity index is 2.55. The Morgan fingerprint density at radius 1 is 1.44 bits per heavy atom. The molecule has 0 aliphatic carbocycles. The predicted octanol–water partition coefficient (Wildman–Crippen LogP) is 1.63. The largest absolute Gasteiger partial charge is 0.505 e. The first-order valence-corrected chi connectivity index (χ1v) is 4.88. The number of hydrogen-bond acceptors (Lipinski definition) is 4. The van der Waals surface area contributed by atoms with Gasteiger partial charge in [0.15, 0.2) is 11.6 Å². The summed E-state index contributed by atoms with van der Waals surface area (Å²) in [7, 11) is 1.33. The molecule has 7 heteroatoms. The molecule has 0 amide bonds. The summed E-state index contributed by atoms with van der Waals surface area (Å²) in [6, 6.07) is 3.38. The second-order valence-corrected chi connectivity index (χ2v) is 3.48. The van der Waals surface area contributed by atoms with E-state index in [0.29, 0.717) is 5.56 Å². The number of ether oxygens (including phenoxy) is 1. The lowest BCUT2D eigenvalue weighted by Crippen LogP contribution is -1.95. The third-order valence-corrected chi connectivity index (χ3v) is 2.35. The molecule has 0 aliphatic heterocycles. The lowest BCUT2D eigenvalue weighted by molar-refractivity contribution is 0.0690. The highest BCUT2D eigenvalue weighted by atomic mass is 19.1. The number of aromatic hydroxyl groups is 1. The van der Waals surface area contributed by atoms with Gasteiger partial charge in [-0.15, -0.1) is 0 Å². The van der Waals surface area contributed by atoms with E-state index in [4.69, 9.17) is 9.84 Å². The molecule has 0 unspecified atom stereocenters. The van der Waals surface area contributed by atoms with Crippen molar-refractivity contribution in [3.05, 3.63) is 29.7 Å². The Morgan fingerprint density at radius 2 is 2.17 bits per heavy atom. The average molecular weight is 252 g/mol. The molecule has 0 saturated carbocycles. The van der Waals surface area contributed by atoms with Crippen LogP contribution in [0.4, 0.5) is 4.39 Å². The van der Waals surface area contributed by atoms with Crippen molar-refractivity contribution in [1.82, 2.24) is 10.2 Å². The van der Waals surface area contributed by atoms with E-state index in [-0.39, 0.29) is 17.1 Å². The van der Waals surface area contributed by atoms with E-state index in [1.54, 1.807) is 0 Å². The maximum absolute atomic E-state index is 13.1. The first kappa shape index (κ1) is 11.9. The fraction of sp³-hybridized carbons (Fsp3) is 0.0909. The molecule has 0 aliphatic rings. The molecule has 94 valence electrons. The van der Waals surface area contributed by atoms with Crippen LogP contribution in [0.3, 0.4) is 0 Å². The molecule has 2 aromatic rings. The molecule has 0 atom stereocenters. The summed E-state index contributed by atoms with van der Waals surface area (Å²) in [5.74, 6) is -2.41. The third kappa shape index (κ3) is 1.97. The van der Waals surface area contributed by atoms with Crippen molar-refractivity contribution in [2.45, 2.75) is 0 Å². The van der Waals surface area contributed by atoms with Crippen molar-refractivity contribution in [3.8, 4) is 22.8 Å². The summed E-state index contributed by atoms with van der Waals surface area (Å²) in [5.41, 5.74) is 0.413. The number of H-pyrrole nitrogens is 1. The summed E-state index contributed by atoms with van der Waals surface area (Å²) in [4.78, 5) is 10.7. The molecule has 3 N–H and O–H groups in total. The van der Waals surface area contributed by atoms with Crippen LogP contribution in [0.2, 0.25) is 0 Å². The fourth-order valence-corrected chi connectivity index (χ4v) is 1.48. The van der Waals surface area contributed by atoms with Crippen LogP contribution in [0.15, 0.2) is 18.2 Å². The van der Waals surface area contributed by atoms with E-state index < -0.39 is 17.5 Å². The minimum Gasteiger partial charge on any atom is -0.505 e. The summed E-state index contributed by atoms with van der Waals surface area (Å²) >= 11 is 0. The summed E-state index contributed by atoms with van der Waals surface area (Å²) in [6.07, 6.45) is 0. The van der Waals surface area contributed by atoms with Crippen molar-refractivity contribution in [2.75, 3.05) is 7.11 Å². The number of benzene rings is 1. The van der Waals surface area contributed by atoms with Gasteiger partial charge < -0.3 is 14.9 Å². The van der Waals surface area contributed by atoms with Crippen LogP contribution < -0.4 is 4.74 Å². The molecule has 0 saturated heterocycles. The van der Waals surface area contributed by atoms with Gasteiger partial charge in [-0.1, -0.05) is 0 Å². The van der Waals surface area contributed by atoms with E-state index >= 15 is 0 Å². The van der Waals surface area contributed by atoms with Crippen LogP contribution in [0.5, 0.6) is 11.5 Å². The van der Waals surface area contributed by atoms with Gasteiger partial charge in [0.2, 0.25) is 0 Å². The smallest absolute Gasteiger partial charge is 0.353 e. The molecule has 18 heavy (non-hydrogen) atoms. The number of aromatic amines is 1. The quantitative estimate of drug-likeness (QED) is 0.771. The number of aromatic nitrogens is 2. The zero-order valence-corrected chi connectivity index (χ0v) is 9.27.